The number of amides is 1. The molecule has 0 aliphatic carbocycles. The Kier molecular flexibility index (Phi) is 3.45. The van der Waals surface area contributed by atoms with E-state index in [4.69, 9.17) is 10.5 Å². The zero-order chi connectivity index (χ0) is 12.3. The average molecular weight is 234 g/mol. The zero-order valence-corrected chi connectivity index (χ0v) is 10.1. The summed E-state index contributed by atoms with van der Waals surface area (Å²) < 4.78 is 5.21. The van der Waals surface area contributed by atoms with Gasteiger partial charge in [-0.25, -0.2) is 0 Å². The molecule has 1 atom stereocenters. The van der Waals surface area contributed by atoms with E-state index in [1.54, 1.807) is 11.9 Å². The number of carbonyl (C=O) groups is 1. The third kappa shape index (κ3) is 2.65. The van der Waals surface area contributed by atoms with Crippen LogP contribution < -0.4 is 5.73 Å². The molecule has 1 unspecified atom stereocenters. The van der Waals surface area contributed by atoms with E-state index in [9.17, 15) is 4.79 Å². The van der Waals surface area contributed by atoms with Crippen LogP contribution in [0.4, 0.5) is 0 Å². The molecule has 1 fully saturated rings. The van der Waals surface area contributed by atoms with Crippen LogP contribution in [-0.2, 0) is 16.1 Å². The first kappa shape index (κ1) is 12.1. The van der Waals surface area contributed by atoms with Gasteiger partial charge < -0.3 is 15.4 Å². The summed E-state index contributed by atoms with van der Waals surface area (Å²) in [6.45, 7) is 1.48. The zero-order valence-electron chi connectivity index (χ0n) is 10.1. The lowest BCUT2D eigenvalue weighted by molar-refractivity contribution is -0.136. The number of nitrogens with two attached hydrogens (primary N) is 1. The Morgan fingerprint density at radius 3 is 2.76 bits per heavy atom. The molecular formula is C13H18N2O2. The van der Waals surface area contributed by atoms with Gasteiger partial charge in [0.15, 0.2) is 0 Å². The van der Waals surface area contributed by atoms with Crippen molar-refractivity contribution in [2.45, 2.75) is 18.5 Å². The smallest absolute Gasteiger partial charge is 0.245 e. The highest BCUT2D eigenvalue weighted by Crippen LogP contribution is 2.18. The second kappa shape index (κ2) is 4.85. The summed E-state index contributed by atoms with van der Waals surface area (Å²) in [6, 6.07) is 9.88. The van der Waals surface area contributed by atoms with Gasteiger partial charge in [0.1, 0.15) is 5.54 Å². The van der Waals surface area contributed by atoms with Crippen LogP contribution in [0.3, 0.4) is 0 Å². The summed E-state index contributed by atoms with van der Waals surface area (Å²) in [5.41, 5.74) is 6.31. The van der Waals surface area contributed by atoms with Gasteiger partial charge in [-0.05, 0) is 12.0 Å². The van der Waals surface area contributed by atoms with Crippen LogP contribution in [0, 0.1) is 0 Å². The lowest BCUT2D eigenvalue weighted by Crippen LogP contribution is -2.54. The van der Waals surface area contributed by atoms with Gasteiger partial charge in [-0.2, -0.15) is 0 Å². The van der Waals surface area contributed by atoms with Crippen molar-refractivity contribution in [1.29, 1.82) is 0 Å². The van der Waals surface area contributed by atoms with Crippen LogP contribution >= 0.6 is 0 Å². The minimum atomic E-state index is -0.830. The minimum absolute atomic E-state index is 0.0427. The van der Waals surface area contributed by atoms with E-state index < -0.39 is 5.54 Å². The Labute approximate surface area is 101 Å². The first-order valence-corrected chi connectivity index (χ1v) is 5.78. The van der Waals surface area contributed by atoms with E-state index in [1.165, 1.54) is 0 Å². The van der Waals surface area contributed by atoms with Gasteiger partial charge in [0.05, 0.1) is 6.61 Å². The Morgan fingerprint density at radius 2 is 2.18 bits per heavy atom. The van der Waals surface area contributed by atoms with Crippen LogP contribution in [0.5, 0.6) is 0 Å². The van der Waals surface area contributed by atoms with Gasteiger partial charge in [0.2, 0.25) is 5.91 Å². The molecule has 2 N–H and O–H groups in total. The van der Waals surface area contributed by atoms with Crippen LogP contribution in [0.15, 0.2) is 30.3 Å². The molecule has 0 saturated carbocycles. The van der Waals surface area contributed by atoms with E-state index in [-0.39, 0.29) is 5.91 Å². The molecule has 92 valence electrons. The maximum absolute atomic E-state index is 12.2. The SMILES string of the molecule is CN(Cc1ccccc1)C(=O)C1(N)CCOC1. The van der Waals surface area contributed by atoms with Crippen molar-refractivity contribution in [3.8, 4) is 0 Å². The van der Waals surface area contributed by atoms with Crippen LogP contribution in [0.25, 0.3) is 0 Å². The predicted octanol–water partition coefficient (Wildman–Crippen LogP) is 0.763. The third-order valence-electron chi connectivity index (χ3n) is 3.09. The molecule has 1 amide bonds. The number of ether oxygens (including phenoxy) is 1. The van der Waals surface area contributed by atoms with Crippen molar-refractivity contribution in [2.24, 2.45) is 5.73 Å². The largest absolute Gasteiger partial charge is 0.379 e. The van der Waals surface area contributed by atoms with Crippen molar-refractivity contribution in [3.05, 3.63) is 35.9 Å². The number of nitrogens with zero attached hydrogens (tertiary/aromatic N) is 1. The molecule has 17 heavy (non-hydrogen) atoms. The number of rotatable bonds is 3. The van der Waals surface area contributed by atoms with Crippen molar-refractivity contribution < 1.29 is 9.53 Å². The first-order chi connectivity index (χ1) is 8.12. The standard InChI is InChI=1S/C13H18N2O2/c1-15(9-11-5-3-2-4-6-11)12(16)13(14)7-8-17-10-13/h2-6H,7-10,14H2,1H3. The van der Waals surface area contributed by atoms with Crippen molar-refractivity contribution in [1.82, 2.24) is 4.90 Å². The second-order valence-corrected chi connectivity index (χ2v) is 4.61. The van der Waals surface area contributed by atoms with Gasteiger partial charge in [-0.1, -0.05) is 30.3 Å². The molecule has 0 bridgehead atoms. The number of hydrogen-bond acceptors (Lipinski definition) is 3. The fraction of sp³-hybridized carbons (Fsp3) is 0.462. The quantitative estimate of drug-likeness (QED) is 0.840. The van der Waals surface area contributed by atoms with Crippen LogP contribution in [-0.4, -0.2) is 36.6 Å². The van der Waals surface area contributed by atoms with Gasteiger partial charge in [-0.3, -0.25) is 4.79 Å². The van der Waals surface area contributed by atoms with Gasteiger partial charge in [0.25, 0.3) is 0 Å². The van der Waals surface area contributed by atoms with Crippen molar-refractivity contribution in [2.75, 3.05) is 20.3 Å². The molecule has 1 aromatic carbocycles. The third-order valence-corrected chi connectivity index (χ3v) is 3.09. The summed E-state index contributed by atoms with van der Waals surface area (Å²) >= 11 is 0. The summed E-state index contributed by atoms with van der Waals surface area (Å²) in [4.78, 5) is 13.9. The van der Waals surface area contributed by atoms with Gasteiger partial charge in [-0.15, -0.1) is 0 Å². The molecular weight excluding hydrogens is 216 g/mol. The minimum Gasteiger partial charge on any atom is -0.379 e. The molecule has 1 aromatic rings. The Bertz CT molecular complexity index is 386. The summed E-state index contributed by atoms with van der Waals surface area (Å²) in [6.07, 6.45) is 0.602. The molecule has 1 aliphatic heterocycles. The number of benzene rings is 1. The van der Waals surface area contributed by atoms with E-state index in [2.05, 4.69) is 0 Å². The fourth-order valence-corrected chi connectivity index (χ4v) is 2.06. The topological polar surface area (TPSA) is 55.6 Å². The Morgan fingerprint density at radius 1 is 1.47 bits per heavy atom. The highest BCUT2D eigenvalue weighted by Gasteiger charge is 2.39. The Balaban J connectivity index is 2.00. The average Bonchev–Trinajstić information content (AvgIpc) is 2.78. The predicted molar refractivity (Wildman–Crippen MR) is 65.3 cm³/mol. The normalized spacial score (nSPS) is 23.6. The molecule has 0 radical (unpaired) electrons. The van der Waals surface area contributed by atoms with E-state index in [1.807, 2.05) is 30.3 Å². The highest BCUT2D eigenvalue weighted by molar-refractivity contribution is 5.86. The lowest BCUT2D eigenvalue weighted by Gasteiger charge is -2.27. The molecule has 4 nitrogen and oxygen atoms in total. The van der Waals surface area contributed by atoms with E-state index in [0.717, 1.165) is 5.56 Å². The molecule has 0 spiro atoms. The molecule has 1 heterocycles. The monoisotopic (exact) mass is 234 g/mol. The summed E-state index contributed by atoms with van der Waals surface area (Å²) in [5, 5.41) is 0. The molecule has 0 aromatic heterocycles. The van der Waals surface area contributed by atoms with Crippen LogP contribution in [0.2, 0.25) is 0 Å². The maximum atomic E-state index is 12.2. The molecule has 2 rings (SSSR count). The highest BCUT2D eigenvalue weighted by atomic mass is 16.5. The molecule has 1 aliphatic rings. The first-order valence-electron chi connectivity index (χ1n) is 5.78. The van der Waals surface area contributed by atoms with Crippen molar-refractivity contribution >= 4 is 5.91 Å². The van der Waals surface area contributed by atoms with Crippen LogP contribution in [0.1, 0.15) is 12.0 Å². The number of likely N-dealkylation sites (N-methyl/N-ethyl adjacent to an activating group) is 1. The lowest BCUT2D eigenvalue weighted by atomic mass is 9.98. The van der Waals surface area contributed by atoms with Gasteiger partial charge in [0, 0.05) is 20.2 Å². The Hall–Kier alpha value is -1.39. The fourth-order valence-electron chi connectivity index (χ4n) is 2.06. The number of carbonyl (C=O) groups excluding carboxylic acids is 1. The van der Waals surface area contributed by atoms with E-state index in [0.29, 0.717) is 26.2 Å². The van der Waals surface area contributed by atoms with Gasteiger partial charge >= 0.3 is 0 Å². The maximum Gasteiger partial charge on any atom is 0.245 e. The second-order valence-electron chi connectivity index (χ2n) is 4.61. The molecule has 1 saturated heterocycles. The number of hydrogen-bond donors (Lipinski definition) is 1. The van der Waals surface area contributed by atoms with E-state index >= 15 is 0 Å². The summed E-state index contributed by atoms with van der Waals surface area (Å²) in [7, 11) is 1.78. The summed E-state index contributed by atoms with van der Waals surface area (Å²) in [5.74, 6) is -0.0427. The van der Waals surface area contributed by atoms with Crippen molar-refractivity contribution in [3.63, 3.8) is 0 Å². The molecule has 4 heteroatoms.